The van der Waals surface area contributed by atoms with E-state index in [4.69, 9.17) is 14.8 Å². The van der Waals surface area contributed by atoms with Crippen molar-refractivity contribution in [2.45, 2.75) is 77.4 Å². The quantitative estimate of drug-likeness (QED) is 0.506. The number of carboxylic acids is 1. The number of hydrogen-bond donors (Lipinski definition) is 2. The zero-order valence-corrected chi connectivity index (χ0v) is 22.9. The fraction of sp³-hybridized carbons (Fsp3) is 0.655. The van der Waals surface area contributed by atoms with Crippen LogP contribution in [0.4, 0.5) is 0 Å². The van der Waals surface area contributed by atoms with Gasteiger partial charge in [-0.05, 0) is 61.6 Å². The monoisotopic (exact) mass is 526 g/mol. The predicted molar refractivity (Wildman–Crippen MR) is 145 cm³/mol. The van der Waals surface area contributed by atoms with Gasteiger partial charge in [0, 0.05) is 25.2 Å². The van der Waals surface area contributed by atoms with E-state index in [1.165, 1.54) is 0 Å². The Bertz CT molecular complexity index is 1020. The molecule has 1 saturated carbocycles. The summed E-state index contributed by atoms with van der Waals surface area (Å²) in [4.78, 5) is 46.8. The minimum absolute atomic E-state index is 0.00355. The van der Waals surface area contributed by atoms with Crippen molar-refractivity contribution < 1.29 is 24.2 Å². The molecule has 0 radical (unpaired) electrons. The highest BCUT2D eigenvalue weighted by atomic mass is 16.5. The molecular formula is C29H42N4O5. The van der Waals surface area contributed by atoms with Crippen LogP contribution in [-0.4, -0.2) is 77.0 Å². The summed E-state index contributed by atoms with van der Waals surface area (Å²) >= 11 is 0. The van der Waals surface area contributed by atoms with E-state index in [0.717, 1.165) is 44.1 Å². The molecule has 2 heterocycles. The second-order valence-corrected chi connectivity index (χ2v) is 11.1. The largest absolute Gasteiger partial charge is 0.481 e. The summed E-state index contributed by atoms with van der Waals surface area (Å²) in [6, 6.07) is 7.25. The third kappa shape index (κ3) is 6.03. The summed E-state index contributed by atoms with van der Waals surface area (Å²) in [5.74, 6) is 0.581. The Labute approximate surface area is 225 Å². The first-order valence-electron chi connectivity index (χ1n) is 14.1. The van der Waals surface area contributed by atoms with E-state index >= 15 is 0 Å². The zero-order valence-electron chi connectivity index (χ0n) is 22.9. The number of rotatable bonds is 9. The second kappa shape index (κ2) is 12.3. The first-order chi connectivity index (χ1) is 18.3. The van der Waals surface area contributed by atoms with Crippen molar-refractivity contribution in [3.63, 3.8) is 0 Å². The predicted octanol–water partition coefficient (Wildman–Crippen LogP) is 3.85. The maximum absolute atomic E-state index is 14.1. The minimum atomic E-state index is -0.951. The normalized spacial score (nSPS) is 24.6. The van der Waals surface area contributed by atoms with E-state index in [1.54, 1.807) is 12.1 Å². The number of aliphatic imine (C=N–C) groups is 1. The van der Waals surface area contributed by atoms with Gasteiger partial charge in [-0.2, -0.15) is 0 Å². The topological polar surface area (TPSA) is 112 Å². The van der Waals surface area contributed by atoms with Gasteiger partial charge < -0.3 is 25.0 Å². The Morgan fingerprint density at radius 1 is 1.16 bits per heavy atom. The van der Waals surface area contributed by atoms with Gasteiger partial charge in [-0.25, -0.2) is 4.99 Å². The molecule has 0 aromatic heterocycles. The summed E-state index contributed by atoms with van der Waals surface area (Å²) in [7, 11) is 0. The van der Waals surface area contributed by atoms with Crippen LogP contribution in [0.25, 0.3) is 0 Å². The van der Waals surface area contributed by atoms with Crippen molar-refractivity contribution in [2.75, 3.05) is 32.8 Å². The molecule has 38 heavy (non-hydrogen) atoms. The van der Waals surface area contributed by atoms with Gasteiger partial charge in [0.1, 0.15) is 5.66 Å². The number of morpholine rings is 1. The number of nitrogens with zero attached hydrogens (tertiary/aromatic N) is 3. The van der Waals surface area contributed by atoms with Crippen LogP contribution in [0.1, 0.15) is 87.7 Å². The van der Waals surface area contributed by atoms with Gasteiger partial charge >= 0.3 is 5.97 Å². The molecule has 1 spiro atoms. The van der Waals surface area contributed by atoms with E-state index in [0.29, 0.717) is 49.5 Å². The first-order valence-corrected chi connectivity index (χ1v) is 14.1. The maximum atomic E-state index is 14.1. The Balaban J connectivity index is 1.61. The molecule has 0 bridgehead atoms. The lowest BCUT2D eigenvalue weighted by molar-refractivity contribution is -0.137. The lowest BCUT2D eigenvalue weighted by atomic mass is 9.76. The second-order valence-electron chi connectivity index (χ2n) is 11.1. The average Bonchev–Trinajstić information content (AvgIpc) is 3.19. The molecule has 1 aliphatic carbocycles. The van der Waals surface area contributed by atoms with Crippen LogP contribution in [0.15, 0.2) is 29.3 Å². The maximum Gasteiger partial charge on any atom is 0.305 e. The molecule has 2 amide bonds. The molecule has 9 heteroatoms. The number of aliphatic carboxylic acids is 1. The SMILES string of the molecule is CCC[C@H](c1ccc(C(=O)NCCC(=O)O)cc1)N1C(=O)C(N2CCOCC2)=NC12CCC(C(C)C)CC2. The molecule has 2 N–H and O–H groups in total. The lowest BCUT2D eigenvalue weighted by Crippen LogP contribution is -2.52. The van der Waals surface area contributed by atoms with E-state index in [1.807, 2.05) is 12.1 Å². The Morgan fingerprint density at radius 3 is 2.39 bits per heavy atom. The number of carbonyl (C=O) groups is 3. The fourth-order valence-electron chi connectivity index (χ4n) is 6.09. The van der Waals surface area contributed by atoms with E-state index < -0.39 is 11.6 Å². The van der Waals surface area contributed by atoms with Gasteiger partial charge in [0.25, 0.3) is 11.8 Å². The van der Waals surface area contributed by atoms with Crippen LogP contribution in [0, 0.1) is 11.8 Å². The van der Waals surface area contributed by atoms with Gasteiger partial charge in [-0.1, -0.05) is 39.3 Å². The summed E-state index contributed by atoms with van der Waals surface area (Å²) in [6.07, 6.45) is 5.41. The number of nitrogens with one attached hydrogen (secondary N) is 1. The average molecular weight is 527 g/mol. The zero-order chi connectivity index (χ0) is 27.3. The number of amidine groups is 1. The number of carbonyl (C=O) groups excluding carboxylic acids is 2. The highest BCUT2D eigenvalue weighted by molar-refractivity contribution is 6.39. The molecule has 208 valence electrons. The van der Waals surface area contributed by atoms with Gasteiger partial charge in [0.2, 0.25) is 0 Å². The van der Waals surface area contributed by atoms with E-state index in [2.05, 4.69) is 35.9 Å². The van der Waals surface area contributed by atoms with Gasteiger partial charge in [0.05, 0.1) is 25.7 Å². The van der Waals surface area contributed by atoms with Gasteiger partial charge in [-0.3, -0.25) is 14.4 Å². The van der Waals surface area contributed by atoms with Gasteiger partial charge in [-0.15, -0.1) is 0 Å². The third-order valence-corrected chi connectivity index (χ3v) is 8.31. The van der Waals surface area contributed by atoms with Crippen molar-refractivity contribution in [2.24, 2.45) is 16.8 Å². The molecular weight excluding hydrogens is 484 g/mol. The number of hydrogen-bond acceptors (Lipinski definition) is 6. The third-order valence-electron chi connectivity index (χ3n) is 8.31. The fourth-order valence-corrected chi connectivity index (χ4v) is 6.09. The summed E-state index contributed by atoms with van der Waals surface area (Å²) in [5, 5.41) is 11.5. The molecule has 3 aliphatic rings. The van der Waals surface area contributed by atoms with Crippen LogP contribution in [0.5, 0.6) is 0 Å². The van der Waals surface area contributed by atoms with Crippen LogP contribution in [0.3, 0.4) is 0 Å². The molecule has 0 unspecified atom stereocenters. The van der Waals surface area contributed by atoms with Crippen molar-refractivity contribution in [3.8, 4) is 0 Å². The number of carboxylic acid groups (broad SMARTS) is 1. The number of amides is 2. The number of benzene rings is 1. The van der Waals surface area contributed by atoms with Crippen molar-refractivity contribution in [3.05, 3.63) is 35.4 Å². The van der Waals surface area contributed by atoms with Crippen LogP contribution >= 0.6 is 0 Å². The molecule has 2 aliphatic heterocycles. The van der Waals surface area contributed by atoms with Crippen LogP contribution in [-0.2, 0) is 14.3 Å². The Kier molecular flexibility index (Phi) is 9.07. The molecule has 4 rings (SSSR count). The highest BCUT2D eigenvalue weighted by Gasteiger charge is 2.52. The van der Waals surface area contributed by atoms with Crippen molar-refractivity contribution in [1.82, 2.24) is 15.1 Å². The Morgan fingerprint density at radius 2 is 1.82 bits per heavy atom. The van der Waals surface area contributed by atoms with Crippen molar-refractivity contribution in [1.29, 1.82) is 0 Å². The lowest BCUT2D eigenvalue weighted by Gasteiger charge is -2.46. The molecule has 1 atom stereocenters. The van der Waals surface area contributed by atoms with Crippen LogP contribution in [0.2, 0.25) is 0 Å². The molecule has 2 fully saturated rings. The minimum Gasteiger partial charge on any atom is -0.481 e. The Hall–Kier alpha value is -2.94. The van der Waals surface area contributed by atoms with E-state index in [-0.39, 0.29) is 30.8 Å². The molecule has 1 aromatic rings. The highest BCUT2D eigenvalue weighted by Crippen LogP contribution is 2.47. The van der Waals surface area contributed by atoms with Crippen LogP contribution < -0.4 is 5.32 Å². The molecule has 1 aromatic carbocycles. The standard InChI is InChI=1S/C29H42N4O5/c1-4-5-24(22-6-8-23(9-7-22)27(36)30-15-12-25(34)35)33-28(37)26(32-16-18-38-19-17-32)31-29(33)13-10-21(11-14-29)20(2)3/h6-9,20-21,24H,4-5,10-19H2,1-3H3,(H,30,36)(H,34,35)/t21?,24-,29?/m1/s1. The van der Waals surface area contributed by atoms with Crippen molar-refractivity contribution >= 4 is 23.6 Å². The molecule has 9 nitrogen and oxygen atoms in total. The first kappa shape index (κ1) is 28.1. The number of ether oxygens (including phenoxy) is 1. The molecule has 1 saturated heterocycles. The summed E-state index contributed by atoms with van der Waals surface area (Å²) < 4.78 is 5.54. The van der Waals surface area contributed by atoms with Gasteiger partial charge in [0.15, 0.2) is 5.84 Å². The van der Waals surface area contributed by atoms with E-state index in [9.17, 15) is 14.4 Å². The summed E-state index contributed by atoms with van der Waals surface area (Å²) in [6.45, 7) is 9.32. The smallest absolute Gasteiger partial charge is 0.305 e. The summed E-state index contributed by atoms with van der Waals surface area (Å²) in [5.41, 5.74) is 0.925.